The number of ether oxygens (including phenoxy) is 1. The lowest BCUT2D eigenvalue weighted by Gasteiger charge is -2.10. The van der Waals surface area contributed by atoms with E-state index in [1.807, 2.05) is 19.1 Å². The summed E-state index contributed by atoms with van der Waals surface area (Å²) in [7, 11) is 1.52. The summed E-state index contributed by atoms with van der Waals surface area (Å²) in [5.74, 6) is -0.567. The van der Waals surface area contributed by atoms with Gasteiger partial charge in [-0.3, -0.25) is 4.79 Å². The molecule has 1 aromatic carbocycles. The van der Waals surface area contributed by atoms with Gasteiger partial charge in [0.15, 0.2) is 0 Å². The molecule has 0 fully saturated rings. The van der Waals surface area contributed by atoms with Gasteiger partial charge >= 0.3 is 5.97 Å². The third-order valence-electron chi connectivity index (χ3n) is 2.74. The molecule has 0 bridgehead atoms. The second-order valence-electron chi connectivity index (χ2n) is 4.16. The Morgan fingerprint density at radius 1 is 1.26 bits per heavy atom. The van der Waals surface area contributed by atoms with Crippen LogP contribution >= 0.6 is 0 Å². The predicted octanol–water partition coefficient (Wildman–Crippen LogP) is 2.06. The van der Waals surface area contributed by atoms with Gasteiger partial charge in [-0.25, -0.2) is 4.79 Å². The fraction of sp³-hybridized carbons (Fsp3) is 0.143. The second kappa shape index (κ2) is 4.97. The highest BCUT2D eigenvalue weighted by Gasteiger charge is 2.11. The number of aromatic nitrogens is 1. The molecule has 0 aliphatic heterocycles. The minimum absolute atomic E-state index is 0.0534. The van der Waals surface area contributed by atoms with Crippen LogP contribution in [0.1, 0.15) is 15.9 Å². The van der Waals surface area contributed by atoms with E-state index in [1.54, 1.807) is 6.07 Å². The monoisotopic (exact) mass is 259 g/mol. The molecular formula is C14H13NO4. The van der Waals surface area contributed by atoms with E-state index in [9.17, 15) is 9.59 Å². The topological polar surface area (TPSA) is 79.4 Å². The summed E-state index contributed by atoms with van der Waals surface area (Å²) >= 11 is 0. The Kier molecular flexibility index (Phi) is 3.37. The van der Waals surface area contributed by atoms with E-state index in [0.717, 1.165) is 11.6 Å². The molecule has 5 nitrogen and oxygen atoms in total. The minimum Gasteiger partial charge on any atom is -0.496 e. The third-order valence-corrected chi connectivity index (χ3v) is 2.74. The number of hydrogen-bond acceptors (Lipinski definition) is 3. The fourth-order valence-electron chi connectivity index (χ4n) is 1.84. The number of benzene rings is 1. The number of hydrogen-bond donors (Lipinski definition) is 2. The standard InChI is InChI=1S/C14H13NO4/c1-8-3-4-12(19-2)10(5-8)11-6-9(14(17)18)7-13(16)15-11/h3-7H,1-2H3,(H,15,16)(H,17,18). The first kappa shape index (κ1) is 12.9. The molecule has 0 atom stereocenters. The molecule has 19 heavy (non-hydrogen) atoms. The number of H-pyrrole nitrogens is 1. The molecule has 2 N–H and O–H groups in total. The van der Waals surface area contributed by atoms with Gasteiger partial charge in [0.05, 0.1) is 18.4 Å². The number of aromatic carboxylic acids is 1. The van der Waals surface area contributed by atoms with E-state index < -0.39 is 11.5 Å². The smallest absolute Gasteiger partial charge is 0.335 e. The van der Waals surface area contributed by atoms with E-state index >= 15 is 0 Å². The first-order valence-electron chi connectivity index (χ1n) is 5.64. The van der Waals surface area contributed by atoms with Gasteiger partial charge in [-0.15, -0.1) is 0 Å². The van der Waals surface area contributed by atoms with E-state index in [0.29, 0.717) is 17.0 Å². The molecule has 0 unspecified atom stereocenters. The first-order valence-corrected chi connectivity index (χ1v) is 5.64. The fourth-order valence-corrected chi connectivity index (χ4v) is 1.84. The number of carboxylic acid groups (broad SMARTS) is 1. The lowest BCUT2D eigenvalue weighted by molar-refractivity contribution is 0.0696. The van der Waals surface area contributed by atoms with Gasteiger partial charge in [-0.1, -0.05) is 11.6 Å². The quantitative estimate of drug-likeness (QED) is 0.884. The third kappa shape index (κ3) is 2.65. The normalized spacial score (nSPS) is 10.2. The average Bonchev–Trinajstić information content (AvgIpc) is 2.37. The van der Waals surface area contributed by atoms with Crippen molar-refractivity contribution < 1.29 is 14.6 Å². The van der Waals surface area contributed by atoms with Crippen LogP contribution in [-0.2, 0) is 0 Å². The zero-order valence-corrected chi connectivity index (χ0v) is 10.6. The Balaban J connectivity index is 2.68. The minimum atomic E-state index is -1.14. The van der Waals surface area contributed by atoms with E-state index in [1.165, 1.54) is 13.2 Å². The number of nitrogens with one attached hydrogen (secondary N) is 1. The van der Waals surface area contributed by atoms with Gasteiger partial charge in [0.1, 0.15) is 5.75 Å². The maximum absolute atomic E-state index is 11.5. The van der Waals surface area contributed by atoms with Crippen molar-refractivity contribution in [1.29, 1.82) is 0 Å². The molecule has 0 saturated heterocycles. The molecule has 98 valence electrons. The van der Waals surface area contributed by atoms with Crippen molar-refractivity contribution in [3.05, 3.63) is 51.8 Å². The molecule has 0 saturated carbocycles. The van der Waals surface area contributed by atoms with Gasteiger partial charge in [0.2, 0.25) is 5.56 Å². The summed E-state index contributed by atoms with van der Waals surface area (Å²) in [6.45, 7) is 1.90. The number of aryl methyl sites for hydroxylation is 1. The molecule has 0 spiro atoms. The van der Waals surface area contributed by atoms with E-state index in [4.69, 9.17) is 9.84 Å². The maximum Gasteiger partial charge on any atom is 0.335 e. The van der Waals surface area contributed by atoms with Gasteiger partial charge in [0.25, 0.3) is 0 Å². The van der Waals surface area contributed by atoms with Crippen LogP contribution in [0, 0.1) is 6.92 Å². The SMILES string of the molecule is COc1ccc(C)cc1-c1cc(C(=O)O)cc(=O)[nH]1. The van der Waals surface area contributed by atoms with Crippen LogP contribution in [-0.4, -0.2) is 23.2 Å². The van der Waals surface area contributed by atoms with Crippen molar-refractivity contribution in [3.63, 3.8) is 0 Å². The summed E-state index contributed by atoms with van der Waals surface area (Å²) < 4.78 is 5.23. The van der Waals surface area contributed by atoms with Crippen LogP contribution in [0.2, 0.25) is 0 Å². The highest BCUT2D eigenvalue weighted by atomic mass is 16.5. The van der Waals surface area contributed by atoms with Gasteiger partial charge in [-0.05, 0) is 25.1 Å². The predicted molar refractivity (Wildman–Crippen MR) is 70.7 cm³/mol. The van der Waals surface area contributed by atoms with Crippen molar-refractivity contribution in [1.82, 2.24) is 4.98 Å². The number of rotatable bonds is 3. The van der Waals surface area contributed by atoms with Gasteiger partial charge in [-0.2, -0.15) is 0 Å². The highest BCUT2D eigenvalue weighted by molar-refractivity contribution is 5.89. The zero-order chi connectivity index (χ0) is 14.0. The Morgan fingerprint density at radius 3 is 2.63 bits per heavy atom. The number of methoxy groups -OCH3 is 1. The van der Waals surface area contributed by atoms with E-state index in [2.05, 4.69) is 4.98 Å². The second-order valence-corrected chi connectivity index (χ2v) is 4.16. The Morgan fingerprint density at radius 2 is 2.00 bits per heavy atom. The van der Waals surface area contributed by atoms with E-state index in [-0.39, 0.29) is 5.56 Å². The number of pyridine rings is 1. The molecule has 2 rings (SSSR count). The zero-order valence-electron chi connectivity index (χ0n) is 10.6. The van der Waals surface area contributed by atoms with Crippen molar-refractivity contribution in [2.24, 2.45) is 0 Å². The average molecular weight is 259 g/mol. The Bertz CT molecular complexity index is 688. The van der Waals surface area contributed by atoms with Crippen LogP contribution < -0.4 is 10.3 Å². The van der Waals surface area contributed by atoms with Crippen molar-refractivity contribution in [3.8, 4) is 17.0 Å². The highest BCUT2D eigenvalue weighted by Crippen LogP contribution is 2.29. The van der Waals surface area contributed by atoms with Crippen LogP contribution in [0.15, 0.2) is 35.1 Å². The molecular weight excluding hydrogens is 246 g/mol. The summed E-state index contributed by atoms with van der Waals surface area (Å²) in [5.41, 5.74) is 1.55. The number of carbonyl (C=O) groups is 1. The largest absolute Gasteiger partial charge is 0.496 e. The molecule has 0 aliphatic carbocycles. The lowest BCUT2D eigenvalue weighted by atomic mass is 10.1. The maximum atomic E-state index is 11.5. The van der Waals surface area contributed by atoms with Gasteiger partial charge < -0.3 is 14.8 Å². The first-order chi connectivity index (χ1) is 9.01. The Hall–Kier alpha value is -2.56. The van der Waals surface area contributed by atoms with Crippen LogP contribution in [0.5, 0.6) is 5.75 Å². The summed E-state index contributed by atoms with van der Waals surface area (Å²) in [4.78, 5) is 25.1. The Labute approximate surface area is 109 Å². The van der Waals surface area contributed by atoms with Crippen LogP contribution in [0.4, 0.5) is 0 Å². The molecule has 0 aliphatic rings. The number of aromatic amines is 1. The molecule has 1 aromatic heterocycles. The van der Waals surface area contributed by atoms with Crippen molar-refractivity contribution in [2.45, 2.75) is 6.92 Å². The molecule has 5 heteroatoms. The van der Waals surface area contributed by atoms with Crippen LogP contribution in [0.25, 0.3) is 11.3 Å². The number of carboxylic acids is 1. The molecule has 0 amide bonds. The van der Waals surface area contributed by atoms with Crippen LogP contribution in [0.3, 0.4) is 0 Å². The van der Waals surface area contributed by atoms with Gasteiger partial charge in [0, 0.05) is 11.6 Å². The summed E-state index contributed by atoms with van der Waals surface area (Å²) in [6.07, 6.45) is 0. The van der Waals surface area contributed by atoms with Crippen molar-refractivity contribution >= 4 is 5.97 Å². The summed E-state index contributed by atoms with van der Waals surface area (Å²) in [5, 5.41) is 8.98. The molecule has 2 aromatic rings. The lowest BCUT2D eigenvalue weighted by Crippen LogP contribution is -2.10. The molecule has 1 heterocycles. The molecule has 0 radical (unpaired) electrons. The summed E-state index contributed by atoms with van der Waals surface area (Å²) in [6, 6.07) is 7.95. The van der Waals surface area contributed by atoms with Crippen molar-refractivity contribution in [2.75, 3.05) is 7.11 Å².